The molecule has 10 heteroatoms. The fourth-order valence-electron chi connectivity index (χ4n) is 5.29. The van der Waals surface area contributed by atoms with Crippen molar-refractivity contribution in [1.29, 1.82) is 0 Å². The zero-order chi connectivity index (χ0) is 30.2. The van der Waals surface area contributed by atoms with E-state index < -0.39 is 18.2 Å². The molecule has 1 aromatic rings. The third-order valence-corrected chi connectivity index (χ3v) is 8.37. The van der Waals surface area contributed by atoms with Crippen LogP contribution in [0.2, 0.25) is 0 Å². The van der Waals surface area contributed by atoms with Crippen molar-refractivity contribution < 1.29 is 28.9 Å². The van der Waals surface area contributed by atoms with Crippen LogP contribution in [0.15, 0.2) is 24.3 Å². The van der Waals surface area contributed by atoms with Crippen LogP contribution in [0.5, 0.6) is 5.75 Å². The monoisotopic (exact) mass is 597 g/mol. The van der Waals surface area contributed by atoms with Crippen LogP contribution in [0.3, 0.4) is 0 Å². The molecule has 1 aliphatic rings. The molecule has 2 amide bonds. The summed E-state index contributed by atoms with van der Waals surface area (Å²) in [6.45, 7) is 5.49. The molecule has 0 spiro atoms. The van der Waals surface area contributed by atoms with Gasteiger partial charge >= 0.3 is 0 Å². The van der Waals surface area contributed by atoms with E-state index in [9.17, 15) is 14.7 Å². The lowest BCUT2D eigenvalue weighted by Gasteiger charge is -2.30. The summed E-state index contributed by atoms with van der Waals surface area (Å²) in [6, 6.07) is 6.45. The number of methoxy groups -OCH3 is 2. The Balaban J connectivity index is 1.88. The molecule has 1 fully saturated rings. The van der Waals surface area contributed by atoms with Gasteiger partial charge in [-0.1, -0.05) is 58.1 Å². The van der Waals surface area contributed by atoms with E-state index in [1.807, 2.05) is 19.9 Å². The SMILES string of the molecule is COCCCCOc1ccccc1C(=O)N(Cl)C[C@@H](C[C@H](N)[C@@H](O)CNC(=O)[C@@H](CC1CCCCC1)OC)C(C)C. The van der Waals surface area contributed by atoms with Gasteiger partial charge in [-0.15, -0.1) is 0 Å². The number of unbranched alkanes of at least 4 members (excludes halogenated alkanes) is 1. The van der Waals surface area contributed by atoms with Crippen molar-refractivity contribution in [3.05, 3.63) is 29.8 Å². The van der Waals surface area contributed by atoms with E-state index in [-0.39, 0.29) is 36.7 Å². The van der Waals surface area contributed by atoms with E-state index in [4.69, 9.17) is 31.7 Å². The highest BCUT2D eigenvalue weighted by atomic mass is 35.5. The van der Waals surface area contributed by atoms with Gasteiger partial charge in [0.15, 0.2) is 0 Å². The van der Waals surface area contributed by atoms with Crippen LogP contribution in [0.25, 0.3) is 0 Å². The summed E-state index contributed by atoms with van der Waals surface area (Å²) in [6.07, 6.45) is 7.25. The molecule has 0 radical (unpaired) electrons. The largest absolute Gasteiger partial charge is 0.493 e. The van der Waals surface area contributed by atoms with Crippen molar-refractivity contribution in [3.63, 3.8) is 0 Å². The van der Waals surface area contributed by atoms with Crippen LogP contribution in [-0.2, 0) is 14.3 Å². The van der Waals surface area contributed by atoms with Crippen molar-refractivity contribution in [2.45, 2.75) is 89.9 Å². The van der Waals surface area contributed by atoms with Gasteiger partial charge in [0, 0.05) is 51.7 Å². The smallest absolute Gasteiger partial charge is 0.271 e. The molecule has 0 unspecified atom stereocenters. The molecule has 1 aliphatic carbocycles. The molecule has 0 aliphatic heterocycles. The number of nitrogens with two attached hydrogens (primary N) is 1. The third-order valence-electron chi connectivity index (χ3n) is 8.08. The minimum atomic E-state index is -0.945. The molecule has 0 aromatic heterocycles. The van der Waals surface area contributed by atoms with Gasteiger partial charge in [0.05, 0.1) is 18.3 Å². The van der Waals surface area contributed by atoms with Gasteiger partial charge in [-0.3, -0.25) is 14.0 Å². The molecule has 9 nitrogen and oxygen atoms in total. The third kappa shape index (κ3) is 12.5. The molecular formula is C31H52ClN3O6. The predicted octanol–water partition coefficient (Wildman–Crippen LogP) is 4.54. The Hall–Kier alpha value is -1.91. The summed E-state index contributed by atoms with van der Waals surface area (Å²) in [4.78, 5) is 26.0. The lowest BCUT2D eigenvalue weighted by molar-refractivity contribution is -0.132. The number of nitrogens with zero attached hydrogens (tertiary/aromatic N) is 1. The molecule has 0 saturated heterocycles. The average molecular weight is 598 g/mol. The van der Waals surface area contributed by atoms with Crippen molar-refractivity contribution in [2.75, 3.05) is 40.5 Å². The highest BCUT2D eigenvalue weighted by molar-refractivity contribution is 6.24. The fourth-order valence-corrected chi connectivity index (χ4v) is 5.56. The average Bonchev–Trinajstić information content (AvgIpc) is 2.98. The van der Waals surface area contributed by atoms with Crippen LogP contribution in [0, 0.1) is 17.8 Å². The summed E-state index contributed by atoms with van der Waals surface area (Å²) in [5.41, 5.74) is 6.76. The number of hydrogen-bond acceptors (Lipinski definition) is 7. The Kier molecular flexibility index (Phi) is 16.6. The number of benzene rings is 1. The molecule has 0 bridgehead atoms. The normalized spacial score (nSPS) is 17.1. The maximum atomic E-state index is 13.2. The van der Waals surface area contributed by atoms with Crippen molar-refractivity contribution in [2.24, 2.45) is 23.5 Å². The number of aliphatic hydroxyl groups excluding tert-OH is 1. The first-order valence-corrected chi connectivity index (χ1v) is 15.4. The van der Waals surface area contributed by atoms with Gasteiger partial charge in [0.2, 0.25) is 5.91 Å². The van der Waals surface area contributed by atoms with E-state index in [1.54, 1.807) is 32.4 Å². The number of aliphatic hydroxyl groups is 1. The Morgan fingerprint density at radius 3 is 2.46 bits per heavy atom. The molecule has 4 N–H and O–H groups in total. The second-order valence-electron chi connectivity index (χ2n) is 11.6. The molecule has 2 rings (SSSR count). The fraction of sp³-hybridized carbons (Fsp3) is 0.742. The molecule has 41 heavy (non-hydrogen) atoms. The van der Waals surface area contributed by atoms with E-state index in [1.165, 1.54) is 23.7 Å². The summed E-state index contributed by atoms with van der Waals surface area (Å²) >= 11 is 6.51. The molecule has 0 heterocycles. The van der Waals surface area contributed by atoms with Crippen LogP contribution >= 0.6 is 11.8 Å². The maximum absolute atomic E-state index is 13.2. The van der Waals surface area contributed by atoms with Crippen molar-refractivity contribution in [1.82, 2.24) is 9.74 Å². The number of rotatable bonds is 19. The van der Waals surface area contributed by atoms with Crippen molar-refractivity contribution >= 4 is 23.6 Å². The number of hydrogen-bond donors (Lipinski definition) is 3. The van der Waals surface area contributed by atoms with E-state index in [2.05, 4.69) is 5.32 Å². The summed E-state index contributed by atoms with van der Waals surface area (Å²) in [7, 11) is 3.21. The van der Waals surface area contributed by atoms with Crippen LogP contribution in [0.1, 0.15) is 82.0 Å². The predicted molar refractivity (Wildman–Crippen MR) is 162 cm³/mol. The number of nitrogens with one attached hydrogen (secondary N) is 1. The van der Waals surface area contributed by atoms with Gasteiger partial charge in [-0.25, -0.2) is 0 Å². The highest BCUT2D eigenvalue weighted by Gasteiger charge is 2.29. The summed E-state index contributed by atoms with van der Waals surface area (Å²) < 4.78 is 17.6. The Morgan fingerprint density at radius 2 is 1.80 bits per heavy atom. The summed E-state index contributed by atoms with van der Waals surface area (Å²) in [5.74, 6) is 0.493. The molecule has 1 saturated carbocycles. The topological polar surface area (TPSA) is 123 Å². The Labute approximate surface area is 251 Å². The zero-order valence-electron chi connectivity index (χ0n) is 25.4. The number of carbonyl (C=O) groups is 2. The van der Waals surface area contributed by atoms with Gasteiger partial charge < -0.3 is 30.4 Å². The number of ether oxygens (including phenoxy) is 3. The Morgan fingerprint density at radius 1 is 1.12 bits per heavy atom. The summed E-state index contributed by atoms with van der Waals surface area (Å²) in [5, 5.41) is 13.6. The van der Waals surface area contributed by atoms with Crippen molar-refractivity contribution in [3.8, 4) is 5.75 Å². The molecular weight excluding hydrogens is 546 g/mol. The van der Waals surface area contributed by atoms with Gasteiger partial charge in [0.1, 0.15) is 11.9 Å². The van der Waals surface area contributed by atoms with E-state index >= 15 is 0 Å². The minimum absolute atomic E-state index is 0.0357. The highest BCUT2D eigenvalue weighted by Crippen LogP contribution is 2.28. The first-order valence-electron chi connectivity index (χ1n) is 15.1. The first kappa shape index (κ1) is 35.3. The zero-order valence-corrected chi connectivity index (χ0v) is 26.1. The standard InChI is InChI=1S/C31H52ClN3O6/c1-22(2)24(21-35(32)31(38)25-14-8-9-15-28(25)41-17-11-10-16-39-3)19-26(33)27(36)20-34-30(37)29(40-4)18-23-12-6-5-7-13-23/h8-9,14-15,22-24,26-27,29,36H,5-7,10-13,16-21,33H2,1-4H3,(H,34,37)/t24-,26+,27+,29-/m1/s1. The molecule has 1 aromatic carbocycles. The van der Waals surface area contributed by atoms with Crippen LogP contribution in [0.4, 0.5) is 0 Å². The number of carbonyl (C=O) groups excluding carboxylic acids is 2. The lowest BCUT2D eigenvalue weighted by atomic mass is 9.85. The Bertz CT molecular complexity index is 898. The quantitative estimate of drug-likeness (QED) is 0.158. The van der Waals surface area contributed by atoms with Crippen LogP contribution < -0.4 is 15.8 Å². The number of amides is 2. The molecule has 234 valence electrons. The maximum Gasteiger partial charge on any atom is 0.271 e. The van der Waals surface area contributed by atoms with E-state index in [0.717, 1.165) is 25.7 Å². The minimum Gasteiger partial charge on any atom is -0.493 e. The van der Waals surface area contributed by atoms with Gasteiger partial charge in [-0.2, -0.15) is 0 Å². The lowest BCUT2D eigenvalue weighted by Crippen LogP contribution is -2.48. The molecule has 4 atom stereocenters. The second kappa shape index (κ2) is 19.3. The number of halogens is 1. The van der Waals surface area contributed by atoms with E-state index in [0.29, 0.717) is 43.3 Å². The first-order chi connectivity index (χ1) is 19.7. The van der Waals surface area contributed by atoms with Crippen LogP contribution in [-0.4, -0.2) is 80.1 Å². The van der Waals surface area contributed by atoms with Gasteiger partial charge in [-0.05, 0) is 55.6 Å². The second-order valence-corrected chi connectivity index (χ2v) is 12.0. The number of para-hydroxylation sites is 1. The van der Waals surface area contributed by atoms with Gasteiger partial charge in [0.25, 0.3) is 5.91 Å².